The Kier molecular flexibility index (Phi) is 7.23. The third kappa shape index (κ3) is 4.96. The van der Waals surface area contributed by atoms with Crippen LogP contribution in [-0.2, 0) is 14.2 Å². The molecule has 0 bridgehead atoms. The highest BCUT2D eigenvalue weighted by atomic mass is 19.2. The Hall–Kier alpha value is -3.00. The van der Waals surface area contributed by atoms with Crippen LogP contribution in [0.15, 0.2) is 60.7 Å². The smallest absolute Gasteiger partial charge is 0.186 e. The standard InChI is InChI=1S/C29H26F4O3/c1-2-3-4-5-17-14-35-29(36-15-17)23-13-11-21(26(31)28(23)33)19-8-6-18(7-9-19)20-10-12-22(24-16-34-24)27(32)25(20)30/h2-3,6-13,17,24,29H,4-5,14-16H2,1H3/b3-2+. The Labute approximate surface area is 207 Å². The number of hydrogen-bond acceptors (Lipinski definition) is 3. The van der Waals surface area contributed by atoms with Crippen LogP contribution in [0, 0.1) is 29.2 Å². The summed E-state index contributed by atoms with van der Waals surface area (Å²) in [6.07, 6.45) is 4.51. The molecule has 2 saturated heterocycles. The second-order valence-corrected chi connectivity index (χ2v) is 9.07. The normalized spacial score (nSPS) is 21.8. The molecular weight excluding hydrogens is 472 g/mol. The molecule has 0 aromatic heterocycles. The molecule has 0 N–H and O–H groups in total. The number of allylic oxidation sites excluding steroid dienone is 2. The average Bonchev–Trinajstić information content (AvgIpc) is 3.74. The van der Waals surface area contributed by atoms with Crippen LogP contribution in [0.25, 0.3) is 22.3 Å². The highest BCUT2D eigenvalue weighted by molar-refractivity contribution is 5.71. The molecule has 0 aliphatic carbocycles. The number of halogens is 4. The van der Waals surface area contributed by atoms with E-state index >= 15 is 4.39 Å². The molecule has 0 saturated carbocycles. The van der Waals surface area contributed by atoms with Gasteiger partial charge >= 0.3 is 0 Å². The second kappa shape index (κ2) is 10.5. The Bertz CT molecular complexity index is 1260. The van der Waals surface area contributed by atoms with Crippen LogP contribution in [0.4, 0.5) is 17.6 Å². The topological polar surface area (TPSA) is 31.0 Å². The lowest BCUT2D eigenvalue weighted by Gasteiger charge is -2.29. The second-order valence-electron chi connectivity index (χ2n) is 9.07. The highest BCUT2D eigenvalue weighted by Crippen LogP contribution is 2.37. The zero-order chi connectivity index (χ0) is 25.2. The van der Waals surface area contributed by atoms with Gasteiger partial charge in [0.1, 0.15) is 6.10 Å². The summed E-state index contributed by atoms with van der Waals surface area (Å²) < 4.78 is 75.4. The first kappa shape index (κ1) is 24.7. The average molecular weight is 499 g/mol. The van der Waals surface area contributed by atoms with E-state index in [1.54, 1.807) is 24.3 Å². The fourth-order valence-electron chi connectivity index (χ4n) is 4.45. The first-order chi connectivity index (χ1) is 17.5. The van der Waals surface area contributed by atoms with Crippen LogP contribution in [0.1, 0.15) is 43.3 Å². The van der Waals surface area contributed by atoms with Crippen LogP contribution in [0.3, 0.4) is 0 Å². The molecule has 36 heavy (non-hydrogen) atoms. The van der Waals surface area contributed by atoms with Gasteiger partial charge in [0.05, 0.1) is 19.8 Å². The molecule has 188 valence electrons. The van der Waals surface area contributed by atoms with Crippen molar-refractivity contribution in [3.05, 3.63) is 95.1 Å². The predicted octanol–water partition coefficient (Wildman–Crippen LogP) is 7.67. The first-order valence-corrected chi connectivity index (χ1v) is 12.0. The molecule has 1 atom stereocenters. The molecule has 3 aromatic carbocycles. The van der Waals surface area contributed by atoms with Gasteiger partial charge in [0.2, 0.25) is 0 Å². The van der Waals surface area contributed by atoms with Gasteiger partial charge in [-0.25, -0.2) is 17.6 Å². The Balaban J connectivity index is 1.32. The SMILES string of the molecule is C/C=C/CCC1COC(c2ccc(-c3ccc(-c4ccc(C5CO5)c(F)c4F)cc3)c(F)c2F)OC1. The molecule has 3 aromatic rings. The van der Waals surface area contributed by atoms with E-state index in [1.807, 2.05) is 13.0 Å². The summed E-state index contributed by atoms with van der Waals surface area (Å²) >= 11 is 0. The van der Waals surface area contributed by atoms with Crippen molar-refractivity contribution in [1.29, 1.82) is 0 Å². The van der Waals surface area contributed by atoms with Crippen LogP contribution < -0.4 is 0 Å². The first-order valence-electron chi connectivity index (χ1n) is 12.0. The largest absolute Gasteiger partial charge is 0.368 e. The monoisotopic (exact) mass is 498 g/mol. The number of hydrogen-bond donors (Lipinski definition) is 0. The van der Waals surface area contributed by atoms with Crippen LogP contribution in [-0.4, -0.2) is 19.8 Å². The molecule has 2 fully saturated rings. The van der Waals surface area contributed by atoms with Crippen molar-refractivity contribution in [2.24, 2.45) is 5.92 Å². The Morgan fingerprint density at radius 3 is 1.75 bits per heavy atom. The zero-order valence-electron chi connectivity index (χ0n) is 19.8. The van der Waals surface area contributed by atoms with Crippen molar-refractivity contribution in [3.8, 4) is 22.3 Å². The van der Waals surface area contributed by atoms with Crippen molar-refractivity contribution in [2.75, 3.05) is 19.8 Å². The van der Waals surface area contributed by atoms with Gasteiger partial charge < -0.3 is 14.2 Å². The molecule has 5 rings (SSSR count). The number of epoxide rings is 1. The van der Waals surface area contributed by atoms with Crippen molar-refractivity contribution in [2.45, 2.75) is 32.2 Å². The maximum absolute atomic E-state index is 15.0. The van der Waals surface area contributed by atoms with E-state index in [9.17, 15) is 13.2 Å². The van der Waals surface area contributed by atoms with Crippen LogP contribution in [0.2, 0.25) is 0 Å². The van der Waals surface area contributed by atoms with E-state index in [1.165, 1.54) is 24.3 Å². The van der Waals surface area contributed by atoms with E-state index in [2.05, 4.69) is 6.08 Å². The molecule has 0 amide bonds. The maximum Gasteiger partial charge on any atom is 0.186 e. The maximum atomic E-state index is 15.0. The minimum absolute atomic E-state index is 0.0112. The van der Waals surface area contributed by atoms with Gasteiger partial charge in [0.15, 0.2) is 29.6 Å². The van der Waals surface area contributed by atoms with Crippen molar-refractivity contribution in [3.63, 3.8) is 0 Å². The van der Waals surface area contributed by atoms with E-state index < -0.39 is 35.7 Å². The summed E-state index contributed by atoms with van der Waals surface area (Å²) in [4.78, 5) is 0. The molecule has 1 unspecified atom stereocenters. The summed E-state index contributed by atoms with van der Waals surface area (Å²) in [5, 5.41) is 0. The van der Waals surface area contributed by atoms with Gasteiger partial charge in [0, 0.05) is 28.2 Å². The van der Waals surface area contributed by atoms with Crippen molar-refractivity contribution < 1.29 is 31.8 Å². The quantitative estimate of drug-likeness (QED) is 0.190. The third-order valence-electron chi connectivity index (χ3n) is 6.61. The van der Waals surface area contributed by atoms with E-state index in [0.29, 0.717) is 30.9 Å². The Morgan fingerprint density at radius 2 is 1.22 bits per heavy atom. The lowest BCUT2D eigenvalue weighted by Crippen LogP contribution is -2.27. The Morgan fingerprint density at radius 1 is 0.694 bits per heavy atom. The predicted molar refractivity (Wildman–Crippen MR) is 128 cm³/mol. The lowest BCUT2D eigenvalue weighted by molar-refractivity contribution is -0.207. The number of ether oxygens (including phenoxy) is 3. The lowest BCUT2D eigenvalue weighted by atomic mass is 9.97. The van der Waals surface area contributed by atoms with Crippen LogP contribution in [0.5, 0.6) is 0 Å². The molecule has 7 heteroatoms. The van der Waals surface area contributed by atoms with Crippen LogP contribution >= 0.6 is 0 Å². The fourth-order valence-corrected chi connectivity index (χ4v) is 4.45. The molecular formula is C29H26F4O3. The van der Waals surface area contributed by atoms with E-state index in [4.69, 9.17) is 14.2 Å². The molecule has 0 radical (unpaired) electrons. The minimum Gasteiger partial charge on any atom is -0.368 e. The van der Waals surface area contributed by atoms with Gasteiger partial charge in [0.25, 0.3) is 0 Å². The molecule has 2 heterocycles. The summed E-state index contributed by atoms with van der Waals surface area (Å²) in [5.41, 5.74) is 1.17. The van der Waals surface area contributed by atoms with Gasteiger partial charge in [-0.1, -0.05) is 60.7 Å². The fraction of sp³-hybridized carbons (Fsp3) is 0.310. The van der Waals surface area contributed by atoms with E-state index in [-0.39, 0.29) is 28.2 Å². The van der Waals surface area contributed by atoms with Gasteiger partial charge in [-0.2, -0.15) is 0 Å². The highest BCUT2D eigenvalue weighted by Gasteiger charge is 2.30. The van der Waals surface area contributed by atoms with Gasteiger partial charge in [-0.3, -0.25) is 0 Å². The zero-order valence-corrected chi connectivity index (χ0v) is 19.8. The van der Waals surface area contributed by atoms with Crippen molar-refractivity contribution in [1.82, 2.24) is 0 Å². The summed E-state index contributed by atoms with van der Waals surface area (Å²) in [7, 11) is 0. The molecule has 0 spiro atoms. The molecule has 2 aliphatic heterocycles. The number of rotatable bonds is 7. The van der Waals surface area contributed by atoms with E-state index in [0.717, 1.165) is 12.8 Å². The molecule has 3 nitrogen and oxygen atoms in total. The minimum atomic E-state index is -1.03. The summed E-state index contributed by atoms with van der Waals surface area (Å²) in [5.74, 6) is -3.73. The summed E-state index contributed by atoms with van der Waals surface area (Å²) in [6.45, 7) is 3.17. The molecule has 2 aliphatic rings. The summed E-state index contributed by atoms with van der Waals surface area (Å²) in [6, 6.07) is 12.1. The third-order valence-corrected chi connectivity index (χ3v) is 6.61. The number of benzene rings is 3. The van der Waals surface area contributed by atoms with Gasteiger partial charge in [-0.05, 0) is 30.9 Å². The van der Waals surface area contributed by atoms with Crippen molar-refractivity contribution >= 4 is 0 Å². The van der Waals surface area contributed by atoms with Gasteiger partial charge in [-0.15, -0.1) is 0 Å².